The number of carbonyl (C=O) groups excluding carboxylic acids is 2. The highest BCUT2D eigenvalue weighted by Gasteiger charge is 2.49. The molecule has 1 saturated carbocycles. The summed E-state index contributed by atoms with van der Waals surface area (Å²) < 4.78 is 9.45. The van der Waals surface area contributed by atoms with Crippen molar-refractivity contribution in [2.45, 2.75) is 76.9 Å². The van der Waals surface area contributed by atoms with Crippen molar-refractivity contribution in [3.63, 3.8) is 0 Å². The van der Waals surface area contributed by atoms with Crippen LogP contribution in [0.15, 0.2) is 42.7 Å². The molecule has 3 aromatic rings. The Balaban J connectivity index is 1.59. The average molecular weight is 491 g/mol. The molecule has 1 fully saturated rings. The van der Waals surface area contributed by atoms with Gasteiger partial charge in [0.15, 0.2) is 0 Å². The number of hydrogen-bond acceptors (Lipinski definition) is 3. The van der Waals surface area contributed by atoms with Gasteiger partial charge in [-0.1, -0.05) is 43.7 Å². The fourth-order valence-corrected chi connectivity index (χ4v) is 5.99. The van der Waals surface area contributed by atoms with Crippen molar-refractivity contribution in [3.05, 3.63) is 54.0 Å². The van der Waals surface area contributed by atoms with Gasteiger partial charge in [-0.15, -0.1) is 0 Å². The van der Waals surface area contributed by atoms with Gasteiger partial charge in [0.2, 0.25) is 5.91 Å². The zero-order valence-corrected chi connectivity index (χ0v) is 21.8. The monoisotopic (exact) mass is 490 g/mol. The van der Waals surface area contributed by atoms with E-state index >= 15 is 0 Å². The second kappa shape index (κ2) is 10.1. The van der Waals surface area contributed by atoms with Crippen molar-refractivity contribution in [2.75, 3.05) is 20.3 Å². The molecule has 192 valence electrons. The van der Waals surface area contributed by atoms with Crippen LogP contribution in [0.25, 0.3) is 16.6 Å². The zero-order valence-electron chi connectivity index (χ0n) is 21.8. The lowest BCUT2D eigenvalue weighted by Crippen LogP contribution is -2.65. The van der Waals surface area contributed by atoms with Crippen LogP contribution in [0.5, 0.6) is 0 Å². The molecule has 0 spiro atoms. The van der Waals surface area contributed by atoms with Crippen LogP contribution in [0.3, 0.4) is 0 Å². The van der Waals surface area contributed by atoms with Crippen molar-refractivity contribution in [1.82, 2.24) is 19.4 Å². The molecule has 2 aliphatic rings. The van der Waals surface area contributed by atoms with Crippen LogP contribution in [0, 0.1) is 6.92 Å². The molecular formula is C29H38N4O3. The van der Waals surface area contributed by atoms with E-state index in [4.69, 9.17) is 4.74 Å². The molecule has 2 aromatic heterocycles. The van der Waals surface area contributed by atoms with Crippen molar-refractivity contribution >= 4 is 22.7 Å². The minimum atomic E-state index is -1.02. The maximum atomic E-state index is 14.3. The minimum absolute atomic E-state index is 0.0698. The largest absolute Gasteiger partial charge is 0.383 e. The first kappa shape index (κ1) is 24.6. The Hall–Kier alpha value is -3.06. The Morgan fingerprint density at radius 3 is 2.50 bits per heavy atom. The van der Waals surface area contributed by atoms with Gasteiger partial charge in [0.05, 0.1) is 24.4 Å². The molecule has 0 bridgehead atoms. The third-order valence-electron chi connectivity index (χ3n) is 8.01. The van der Waals surface area contributed by atoms with Crippen LogP contribution in [0.4, 0.5) is 0 Å². The van der Waals surface area contributed by atoms with Gasteiger partial charge in [-0.3, -0.25) is 9.59 Å². The molecule has 3 heterocycles. The Labute approximate surface area is 213 Å². The summed E-state index contributed by atoms with van der Waals surface area (Å²) in [6.07, 6.45) is 12.0. The molecule has 0 radical (unpaired) electrons. The number of carbonyl (C=O) groups is 2. The van der Waals surface area contributed by atoms with Gasteiger partial charge in [-0.25, -0.2) is 0 Å². The smallest absolute Gasteiger partial charge is 0.273 e. The van der Waals surface area contributed by atoms with E-state index in [1.165, 1.54) is 19.3 Å². The molecular weight excluding hydrogens is 452 g/mol. The van der Waals surface area contributed by atoms with Crippen LogP contribution in [-0.4, -0.2) is 57.7 Å². The molecule has 2 amide bonds. The van der Waals surface area contributed by atoms with Crippen LogP contribution < -0.4 is 5.32 Å². The molecule has 36 heavy (non-hydrogen) atoms. The van der Waals surface area contributed by atoms with E-state index in [9.17, 15) is 9.59 Å². The third-order valence-corrected chi connectivity index (χ3v) is 8.01. The van der Waals surface area contributed by atoms with E-state index in [0.717, 1.165) is 47.8 Å². The Morgan fingerprint density at radius 1 is 1.11 bits per heavy atom. The molecule has 5 rings (SSSR count). The molecule has 7 heteroatoms. The van der Waals surface area contributed by atoms with E-state index in [-0.39, 0.29) is 17.9 Å². The average Bonchev–Trinajstić information content (AvgIpc) is 3.46. The van der Waals surface area contributed by atoms with Crippen LogP contribution in [0.1, 0.15) is 67.9 Å². The lowest BCUT2D eigenvalue weighted by molar-refractivity contribution is -0.134. The topological polar surface area (TPSA) is 68.5 Å². The molecule has 0 unspecified atom stereocenters. The highest BCUT2D eigenvalue weighted by Crippen LogP contribution is 2.38. The fourth-order valence-electron chi connectivity index (χ4n) is 5.99. The summed E-state index contributed by atoms with van der Waals surface area (Å²) in [4.78, 5) is 30.0. The Morgan fingerprint density at radius 2 is 1.81 bits per heavy atom. The highest BCUT2D eigenvalue weighted by molar-refractivity contribution is 6.09. The first-order chi connectivity index (χ1) is 17.4. The maximum Gasteiger partial charge on any atom is 0.273 e. The zero-order chi connectivity index (χ0) is 25.3. The molecule has 1 atom stereocenters. The number of ether oxygens (including phenoxy) is 1. The summed E-state index contributed by atoms with van der Waals surface area (Å²) in [6.45, 7) is 5.11. The molecule has 7 nitrogen and oxygen atoms in total. The van der Waals surface area contributed by atoms with E-state index in [2.05, 4.69) is 35.0 Å². The second-order valence-electron chi connectivity index (χ2n) is 10.6. The summed E-state index contributed by atoms with van der Waals surface area (Å²) >= 11 is 0. The summed E-state index contributed by atoms with van der Waals surface area (Å²) in [6, 6.07) is 10.4. The fraction of sp³-hybridized carbons (Fsp3) is 0.517. The molecule has 1 aliphatic heterocycles. The first-order valence-corrected chi connectivity index (χ1v) is 13.3. The number of nitrogens with one attached hydrogen (secondary N) is 1. The minimum Gasteiger partial charge on any atom is -0.383 e. The molecule has 1 aliphatic carbocycles. The van der Waals surface area contributed by atoms with Gasteiger partial charge in [-0.05, 0) is 51.0 Å². The second-order valence-corrected chi connectivity index (χ2v) is 10.6. The van der Waals surface area contributed by atoms with E-state index in [1.54, 1.807) is 12.0 Å². The third kappa shape index (κ3) is 4.34. The number of aryl methyl sites for hydroxylation is 1. The summed E-state index contributed by atoms with van der Waals surface area (Å²) in [5.41, 5.74) is 2.58. The first-order valence-electron chi connectivity index (χ1n) is 13.3. The van der Waals surface area contributed by atoms with Gasteiger partial charge in [0.1, 0.15) is 11.2 Å². The van der Waals surface area contributed by atoms with Crippen LogP contribution in [-0.2, 0) is 16.1 Å². The Bertz CT molecular complexity index is 1240. The quantitative estimate of drug-likeness (QED) is 0.538. The number of rotatable bonds is 6. The van der Waals surface area contributed by atoms with Gasteiger partial charge >= 0.3 is 0 Å². The lowest BCUT2D eigenvalue weighted by atomic mass is 9.92. The molecule has 0 saturated heterocycles. The van der Waals surface area contributed by atoms with Gasteiger partial charge in [0.25, 0.3) is 5.91 Å². The molecule has 1 aromatic carbocycles. The van der Waals surface area contributed by atoms with Gasteiger partial charge < -0.3 is 24.1 Å². The summed E-state index contributed by atoms with van der Waals surface area (Å²) in [5, 5.41) is 4.37. The number of benzene rings is 1. The van der Waals surface area contributed by atoms with E-state index in [0.29, 0.717) is 25.4 Å². The number of aromatic nitrogens is 2. The van der Waals surface area contributed by atoms with Crippen molar-refractivity contribution in [3.8, 4) is 5.69 Å². The predicted octanol–water partition coefficient (Wildman–Crippen LogP) is 4.83. The van der Waals surface area contributed by atoms with Gasteiger partial charge in [0, 0.05) is 37.5 Å². The summed E-state index contributed by atoms with van der Waals surface area (Å²) in [5.74, 6) is -0.203. The van der Waals surface area contributed by atoms with Crippen molar-refractivity contribution in [2.24, 2.45) is 0 Å². The van der Waals surface area contributed by atoms with E-state index in [1.807, 2.05) is 36.0 Å². The normalized spacial score (nSPS) is 21.3. The number of fused-ring (bicyclic) bond motifs is 3. The van der Waals surface area contributed by atoms with Crippen molar-refractivity contribution in [1.29, 1.82) is 0 Å². The maximum absolute atomic E-state index is 14.3. The summed E-state index contributed by atoms with van der Waals surface area (Å²) in [7, 11) is 1.63. The van der Waals surface area contributed by atoms with Crippen molar-refractivity contribution < 1.29 is 14.3 Å². The van der Waals surface area contributed by atoms with Gasteiger partial charge in [-0.2, -0.15) is 0 Å². The predicted molar refractivity (Wildman–Crippen MR) is 142 cm³/mol. The van der Waals surface area contributed by atoms with E-state index < -0.39 is 5.54 Å². The molecule has 1 N–H and O–H groups in total. The van der Waals surface area contributed by atoms with Crippen LogP contribution in [0.2, 0.25) is 0 Å². The van der Waals surface area contributed by atoms with Crippen LogP contribution >= 0.6 is 0 Å². The lowest BCUT2D eigenvalue weighted by Gasteiger charge is -2.44. The Kier molecular flexibility index (Phi) is 6.93. The standard InChI is InChI=1S/C29H38N4O3/c1-21-13-14-24-23(19-21)25(31-15-9-10-16-31)26-27(34)33(17-18-36-3)29(2,20-32(24)26)28(35)30-22-11-7-5-4-6-8-12-22/h9-10,13-16,19,22H,4-8,11-12,17-18,20H2,1-3H3,(H,30,35)/t29-/m0/s1. The highest BCUT2D eigenvalue weighted by atomic mass is 16.5. The number of nitrogens with zero attached hydrogens (tertiary/aromatic N) is 3. The number of amides is 2. The number of hydrogen-bond donors (Lipinski definition) is 1. The number of methoxy groups -OCH3 is 1. The SMILES string of the molecule is COCCN1C(=O)c2c(-n3cccc3)c3cc(C)ccc3n2C[C@@]1(C)C(=O)NC1CCCCCCC1.